The minimum absolute atomic E-state index is 0.152. The Balaban J connectivity index is 1.60. The average Bonchev–Trinajstić information content (AvgIpc) is 2.39. The first kappa shape index (κ1) is 12.6. The predicted molar refractivity (Wildman–Crippen MR) is 71.8 cm³/mol. The van der Waals surface area contributed by atoms with E-state index >= 15 is 0 Å². The van der Waals surface area contributed by atoms with Crippen molar-refractivity contribution in [1.82, 2.24) is 9.88 Å². The molecule has 3 rings (SSSR count). The zero-order chi connectivity index (χ0) is 13.3. The highest BCUT2D eigenvalue weighted by Crippen LogP contribution is 2.32. The summed E-state index contributed by atoms with van der Waals surface area (Å²) in [6.07, 6.45) is 4.81. The van der Waals surface area contributed by atoms with Gasteiger partial charge in [-0.2, -0.15) is 0 Å². The van der Waals surface area contributed by atoms with E-state index in [0.717, 1.165) is 38.0 Å². The molecule has 1 aromatic rings. The quantitative estimate of drug-likeness (QED) is 0.816. The van der Waals surface area contributed by atoms with Gasteiger partial charge in [0, 0.05) is 37.5 Å². The summed E-state index contributed by atoms with van der Waals surface area (Å²) < 4.78 is 5.72. The smallest absolute Gasteiger partial charge is 0.254 e. The van der Waals surface area contributed by atoms with Gasteiger partial charge >= 0.3 is 0 Å². The fourth-order valence-corrected chi connectivity index (χ4v) is 2.89. The highest BCUT2D eigenvalue weighted by Gasteiger charge is 2.43. The molecular weight excluding hydrogens is 240 g/mol. The molecule has 2 fully saturated rings. The summed E-state index contributed by atoms with van der Waals surface area (Å²) >= 11 is 0. The van der Waals surface area contributed by atoms with Crippen molar-refractivity contribution in [3.8, 4) is 0 Å². The normalized spacial score (nSPS) is 27.9. The van der Waals surface area contributed by atoms with Crippen LogP contribution in [0.25, 0.3) is 0 Å². The number of carbonyl (C=O) groups is 1. The van der Waals surface area contributed by atoms with E-state index in [4.69, 9.17) is 4.74 Å². The Morgan fingerprint density at radius 1 is 1.42 bits per heavy atom. The molecule has 4 heteroatoms. The van der Waals surface area contributed by atoms with Crippen LogP contribution in [-0.4, -0.2) is 41.1 Å². The number of nitrogens with zero attached hydrogens (tertiary/aromatic N) is 2. The van der Waals surface area contributed by atoms with Crippen LogP contribution in [0.5, 0.6) is 0 Å². The van der Waals surface area contributed by atoms with Crippen LogP contribution in [-0.2, 0) is 9.53 Å². The SMILES string of the molecule is CC1(C(=O)N2CC(c3ccccn3)C2)CCCCO1. The van der Waals surface area contributed by atoms with Crippen molar-refractivity contribution in [1.29, 1.82) is 0 Å². The van der Waals surface area contributed by atoms with Crippen molar-refractivity contribution in [2.45, 2.75) is 37.7 Å². The molecule has 2 aliphatic rings. The van der Waals surface area contributed by atoms with Gasteiger partial charge in [-0.1, -0.05) is 6.07 Å². The van der Waals surface area contributed by atoms with Crippen LogP contribution in [0.15, 0.2) is 24.4 Å². The highest BCUT2D eigenvalue weighted by atomic mass is 16.5. The second kappa shape index (κ2) is 4.93. The van der Waals surface area contributed by atoms with Crippen LogP contribution in [0.2, 0.25) is 0 Å². The Morgan fingerprint density at radius 2 is 2.26 bits per heavy atom. The molecule has 0 bridgehead atoms. The molecule has 0 N–H and O–H groups in total. The van der Waals surface area contributed by atoms with E-state index in [9.17, 15) is 4.79 Å². The Hall–Kier alpha value is -1.42. The van der Waals surface area contributed by atoms with E-state index in [2.05, 4.69) is 4.98 Å². The van der Waals surface area contributed by atoms with Crippen molar-refractivity contribution >= 4 is 5.91 Å². The largest absolute Gasteiger partial charge is 0.365 e. The summed E-state index contributed by atoms with van der Waals surface area (Å²) in [6, 6.07) is 5.95. The third-order valence-corrected chi connectivity index (χ3v) is 4.20. The molecule has 1 aromatic heterocycles. The Morgan fingerprint density at radius 3 is 2.89 bits per heavy atom. The third-order valence-electron chi connectivity index (χ3n) is 4.20. The second-order valence-electron chi connectivity index (χ2n) is 5.70. The van der Waals surface area contributed by atoms with Gasteiger partial charge in [-0.05, 0) is 38.3 Å². The van der Waals surface area contributed by atoms with E-state index in [1.54, 1.807) is 0 Å². The molecule has 0 radical (unpaired) electrons. The molecule has 1 atom stereocenters. The third kappa shape index (κ3) is 2.37. The van der Waals surface area contributed by atoms with E-state index in [1.807, 2.05) is 36.2 Å². The number of hydrogen-bond donors (Lipinski definition) is 0. The van der Waals surface area contributed by atoms with Crippen molar-refractivity contribution < 1.29 is 9.53 Å². The highest BCUT2D eigenvalue weighted by molar-refractivity contribution is 5.85. The number of likely N-dealkylation sites (tertiary alicyclic amines) is 1. The maximum absolute atomic E-state index is 12.5. The Labute approximate surface area is 113 Å². The number of aromatic nitrogens is 1. The molecule has 4 nitrogen and oxygen atoms in total. The summed E-state index contributed by atoms with van der Waals surface area (Å²) in [5, 5.41) is 0. The molecule has 0 aliphatic carbocycles. The molecule has 19 heavy (non-hydrogen) atoms. The predicted octanol–water partition coefficient (Wildman–Crippen LogP) is 1.97. The van der Waals surface area contributed by atoms with Gasteiger partial charge in [-0.3, -0.25) is 9.78 Å². The minimum atomic E-state index is -0.590. The Bertz CT molecular complexity index is 448. The van der Waals surface area contributed by atoms with Crippen LogP contribution < -0.4 is 0 Å². The topological polar surface area (TPSA) is 42.4 Å². The van der Waals surface area contributed by atoms with Gasteiger partial charge in [0.25, 0.3) is 5.91 Å². The summed E-state index contributed by atoms with van der Waals surface area (Å²) in [4.78, 5) is 18.7. The molecule has 3 heterocycles. The van der Waals surface area contributed by atoms with Crippen LogP contribution in [0.3, 0.4) is 0 Å². The number of rotatable bonds is 2. The monoisotopic (exact) mass is 260 g/mol. The molecular formula is C15H20N2O2. The molecule has 1 amide bonds. The van der Waals surface area contributed by atoms with Gasteiger partial charge in [0.1, 0.15) is 5.60 Å². The van der Waals surface area contributed by atoms with E-state index in [1.165, 1.54) is 0 Å². The summed E-state index contributed by atoms with van der Waals surface area (Å²) in [7, 11) is 0. The molecule has 0 saturated carbocycles. The van der Waals surface area contributed by atoms with Gasteiger partial charge in [-0.15, -0.1) is 0 Å². The molecule has 0 aromatic carbocycles. The van der Waals surface area contributed by atoms with Crippen molar-refractivity contribution in [2.75, 3.05) is 19.7 Å². The lowest BCUT2D eigenvalue weighted by Crippen LogP contribution is -2.57. The van der Waals surface area contributed by atoms with Crippen molar-refractivity contribution in [2.24, 2.45) is 0 Å². The molecule has 102 valence electrons. The van der Waals surface area contributed by atoms with Gasteiger partial charge < -0.3 is 9.64 Å². The second-order valence-corrected chi connectivity index (χ2v) is 5.70. The van der Waals surface area contributed by atoms with Crippen LogP contribution >= 0.6 is 0 Å². The van der Waals surface area contributed by atoms with Crippen LogP contribution in [0.1, 0.15) is 37.8 Å². The fourth-order valence-electron chi connectivity index (χ4n) is 2.89. The number of carbonyl (C=O) groups excluding carboxylic acids is 1. The lowest BCUT2D eigenvalue weighted by Gasteiger charge is -2.44. The van der Waals surface area contributed by atoms with Crippen LogP contribution in [0, 0.1) is 0 Å². The maximum Gasteiger partial charge on any atom is 0.254 e. The number of pyridine rings is 1. The number of amides is 1. The minimum Gasteiger partial charge on any atom is -0.365 e. The van der Waals surface area contributed by atoms with Crippen molar-refractivity contribution in [3.63, 3.8) is 0 Å². The Kier molecular flexibility index (Phi) is 3.27. The summed E-state index contributed by atoms with van der Waals surface area (Å²) in [5.41, 5.74) is 0.495. The van der Waals surface area contributed by atoms with E-state index in [-0.39, 0.29) is 5.91 Å². The van der Waals surface area contributed by atoms with Gasteiger partial charge in [0.15, 0.2) is 0 Å². The van der Waals surface area contributed by atoms with E-state index in [0.29, 0.717) is 12.5 Å². The summed E-state index contributed by atoms with van der Waals surface area (Å²) in [6.45, 7) is 4.19. The van der Waals surface area contributed by atoms with E-state index < -0.39 is 5.60 Å². The lowest BCUT2D eigenvalue weighted by molar-refractivity contribution is -0.166. The molecule has 2 saturated heterocycles. The zero-order valence-corrected chi connectivity index (χ0v) is 11.3. The average molecular weight is 260 g/mol. The van der Waals surface area contributed by atoms with Gasteiger partial charge in [-0.25, -0.2) is 0 Å². The van der Waals surface area contributed by atoms with Crippen molar-refractivity contribution in [3.05, 3.63) is 30.1 Å². The molecule has 2 aliphatic heterocycles. The summed E-state index contributed by atoms with van der Waals surface area (Å²) in [5.74, 6) is 0.539. The number of hydrogen-bond acceptors (Lipinski definition) is 3. The van der Waals surface area contributed by atoms with Gasteiger partial charge in [0.2, 0.25) is 0 Å². The lowest BCUT2D eigenvalue weighted by atomic mass is 9.89. The molecule has 1 unspecified atom stereocenters. The molecule has 0 spiro atoms. The first-order chi connectivity index (χ1) is 9.19. The number of ether oxygens (including phenoxy) is 1. The first-order valence-corrected chi connectivity index (χ1v) is 7.03. The first-order valence-electron chi connectivity index (χ1n) is 7.03. The zero-order valence-electron chi connectivity index (χ0n) is 11.3. The standard InChI is InChI=1S/C15H20N2O2/c1-15(7-3-5-9-19-15)14(18)17-10-12(11-17)13-6-2-4-8-16-13/h2,4,6,8,12H,3,5,7,9-11H2,1H3. The van der Waals surface area contributed by atoms with Crippen LogP contribution in [0.4, 0.5) is 0 Å². The van der Waals surface area contributed by atoms with Gasteiger partial charge in [0.05, 0.1) is 0 Å². The maximum atomic E-state index is 12.5. The fraction of sp³-hybridized carbons (Fsp3) is 0.600.